The Hall–Kier alpha value is -0.130. The van der Waals surface area contributed by atoms with Gasteiger partial charge in [0.2, 0.25) is 10.0 Å². The third kappa shape index (κ3) is 5.79. The van der Waals surface area contributed by atoms with E-state index in [0.29, 0.717) is 19.5 Å². The van der Waals surface area contributed by atoms with Crippen LogP contribution in [-0.4, -0.2) is 37.6 Å². The first-order valence-corrected chi connectivity index (χ1v) is 9.07. The molecule has 2 N–H and O–H groups in total. The minimum absolute atomic E-state index is 0.0578. The van der Waals surface area contributed by atoms with Gasteiger partial charge in [-0.25, -0.2) is 8.42 Å². The summed E-state index contributed by atoms with van der Waals surface area (Å²) in [7, 11) is -3.13. The van der Waals surface area contributed by atoms with Crippen LogP contribution in [-0.2, 0) is 10.0 Å². The SMILES string of the molecule is CC(C)(C)CCS(=O)(=O)N(CCCN)C1CCCC1. The summed E-state index contributed by atoms with van der Waals surface area (Å²) in [5.41, 5.74) is 5.60. The number of nitrogens with zero attached hydrogens (tertiary/aromatic N) is 1. The van der Waals surface area contributed by atoms with Crippen LogP contribution >= 0.6 is 0 Å². The highest BCUT2D eigenvalue weighted by molar-refractivity contribution is 7.89. The average molecular weight is 290 g/mol. The molecular weight excluding hydrogens is 260 g/mol. The van der Waals surface area contributed by atoms with Crippen molar-refractivity contribution in [2.75, 3.05) is 18.8 Å². The summed E-state index contributed by atoms with van der Waals surface area (Å²) < 4.78 is 26.9. The lowest BCUT2D eigenvalue weighted by atomic mass is 9.94. The Morgan fingerprint density at radius 3 is 2.26 bits per heavy atom. The molecule has 0 aromatic heterocycles. The molecule has 1 aliphatic rings. The van der Waals surface area contributed by atoms with Crippen molar-refractivity contribution in [2.24, 2.45) is 11.1 Å². The Bertz CT molecular complexity index is 354. The van der Waals surface area contributed by atoms with E-state index in [1.807, 2.05) is 0 Å². The molecule has 0 radical (unpaired) electrons. The van der Waals surface area contributed by atoms with E-state index in [0.717, 1.165) is 32.1 Å². The first-order chi connectivity index (χ1) is 8.76. The van der Waals surface area contributed by atoms with Gasteiger partial charge >= 0.3 is 0 Å². The molecule has 0 atom stereocenters. The van der Waals surface area contributed by atoms with Crippen LogP contribution < -0.4 is 5.73 Å². The zero-order valence-corrected chi connectivity index (χ0v) is 13.5. The van der Waals surface area contributed by atoms with Gasteiger partial charge in [-0.05, 0) is 37.6 Å². The van der Waals surface area contributed by atoms with Crippen molar-refractivity contribution in [3.05, 3.63) is 0 Å². The van der Waals surface area contributed by atoms with E-state index in [1.165, 1.54) is 0 Å². The van der Waals surface area contributed by atoms with E-state index >= 15 is 0 Å². The zero-order valence-electron chi connectivity index (χ0n) is 12.7. The van der Waals surface area contributed by atoms with Crippen LogP contribution in [0.1, 0.15) is 59.3 Å². The first kappa shape index (κ1) is 16.9. The van der Waals surface area contributed by atoms with Crippen molar-refractivity contribution in [1.82, 2.24) is 4.31 Å². The molecule has 1 fully saturated rings. The maximum atomic E-state index is 12.6. The Labute approximate surface area is 118 Å². The van der Waals surface area contributed by atoms with E-state index in [-0.39, 0.29) is 17.2 Å². The van der Waals surface area contributed by atoms with E-state index in [1.54, 1.807) is 4.31 Å². The predicted molar refractivity (Wildman–Crippen MR) is 80.5 cm³/mol. The maximum absolute atomic E-state index is 12.6. The third-order valence-electron chi connectivity index (χ3n) is 3.78. The molecular formula is C14H30N2O2S. The van der Waals surface area contributed by atoms with Crippen LogP contribution in [0.15, 0.2) is 0 Å². The maximum Gasteiger partial charge on any atom is 0.214 e. The van der Waals surface area contributed by atoms with Gasteiger partial charge in [-0.15, -0.1) is 0 Å². The van der Waals surface area contributed by atoms with Gasteiger partial charge in [0.15, 0.2) is 0 Å². The molecule has 1 rings (SSSR count). The van der Waals surface area contributed by atoms with Gasteiger partial charge in [0.05, 0.1) is 5.75 Å². The standard InChI is InChI=1S/C14H30N2O2S/c1-14(2,3)9-12-19(17,18)16(11-6-10-15)13-7-4-5-8-13/h13H,4-12,15H2,1-3H3. The molecule has 0 saturated heterocycles. The van der Waals surface area contributed by atoms with Crippen molar-refractivity contribution >= 4 is 10.0 Å². The van der Waals surface area contributed by atoms with Gasteiger partial charge < -0.3 is 5.73 Å². The number of hydrogen-bond acceptors (Lipinski definition) is 3. The Morgan fingerprint density at radius 2 is 1.79 bits per heavy atom. The lowest BCUT2D eigenvalue weighted by Gasteiger charge is -2.29. The summed E-state index contributed by atoms with van der Waals surface area (Å²) in [6.07, 6.45) is 5.79. The van der Waals surface area contributed by atoms with E-state index < -0.39 is 10.0 Å². The molecule has 0 aromatic carbocycles. The molecule has 19 heavy (non-hydrogen) atoms. The van der Waals surface area contributed by atoms with Crippen molar-refractivity contribution in [3.8, 4) is 0 Å². The summed E-state index contributed by atoms with van der Waals surface area (Å²) in [6.45, 7) is 7.40. The van der Waals surface area contributed by atoms with Crippen LogP contribution in [0, 0.1) is 5.41 Å². The normalized spacial score (nSPS) is 18.4. The molecule has 114 valence electrons. The second-order valence-corrected chi connectivity index (χ2v) is 8.86. The molecule has 0 heterocycles. The highest BCUT2D eigenvalue weighted by Gasteiger charge is 2.32. The van der Waals surface area contributed by atoms with Crippen molar-refractivity contribution in [1.29, 1.82) is 0 Å². The molecule has 0 aromatic rings. The lowest BCUT2D eigenvalue weighted by molar-refractivity contribution is 0.314. The summed E-state index contributed by atoms with van der Waals surface area (Å²) >= 11 is 0. The van der Waals surface area contributed by atoms with Crippen LogP contribution in [0.5, 0.6) is 0 Å². The number of sulfonamides is 1. The second-order valence-electron chi connectivity index (χ2n) is 6.82. The topological polar surface area (TPSA) is 63.4 Å². The molecule has 1 saturated carbocycles. The van der Waals surface area contributed by atoms with Crippen molar-refractivity contribution in [3.63, 3.8) is 0 Å². The number of nitrogens with two attached hydrogens (primary N) is 1. The molecule has 0 spiro atoms. The Morgan fingerprint density at radius 1 is 1.21 bits per heavy atom. The van der Waals surface area contributed by atoms with Crippen LogP contribution in [0.4, 0.5) is 0 Å². The fourth-order valence-electron chi connectivity index (χ4n) is 2.54. The summed E-state index contributed by atoms with van der Waals surface area (Å²) in [6, 6.07) is 0.219. The highest BCUT2D eigenvalue weighted by Crippen LogP contribution is 2.28. The fourth-order valence-corrected chi connectivity index (χ4v) is 4.72. The van der Waals surface area contributed by atoms with Gasteiger partial charge in [0.1, 0.15) is 0 Å². The summed E-state index contributed by atoms with van der Waals surface area (Å²) in [5.74, 6) is 0.261. The molecule has 0 aliphatic heterocycles. The molecule has 5 heteroatoms. The molecule has 0 unspecified atom stereocenters. The molecule has 1 aliphatic carbocycles. The number of rotatable bonds is 7. The van der Waals surface area contributed by atoms with Crippen LogP contribution in [0.2, 0.25) is 0 Å². The van der Waals surface area contributed by atoms with Crippen LogP contribution in [0.3, 0.4) is 0 Å². The van der Waals surface area contributed by atoms with Gasteiger partial charge in [-0.1, -0.05) is 33.6 Å². The quantitative estimate of drug-likeness (QED) is 0.783. The molecule has 4 nitrogen and oxygen atoms in total. The average Bonchev–Trinajstić information content (AvgIpc) is 2.79. The zero-order chi connectivity index (χ0) is 14.5. The van der Waals surface area contributed by atoms with E-state index in [4.69, 9.17) is 5.73 Å². The number of hydrogen-bond donors (Lipinski definition) is 1. The Balaban J connectivity index is 2.70. The van der Waals surface area contributed by atoms with Crippen LogP contribution in [0.25, 0.3) is 0 Å². The van der Waals surface area contributed by atoms with E-state index in [9.17, 15) is 8.42 Å². The monoisotopic (exact) mass is 290 g/mol. The molecule has 0 bridgehead atoms. The van der Waals surface area contributed by atoms with Gasteiger partial charge in [0, 0.05) is 12.6 Å². The second kappa shape index (κ2) is 7.04. The van der Waals surface area contributed by atoms with Gasteiger partial charge in [0.25, 0.3) is 0 Å². The minimum atomic E-state index is -3.13. The van der Waals surface area contributed by atoms with Gasteiger partial charge in [-0.3, -0.25) is 0 Å². The van der Waals surface area contributed by atoms with Crippen molar-refractivity contribution < 1.29 is 8.42 Å². The molecule has 0 amide bonds. The van der Waals surface area contributed by atoms with Crippen molar-refractivity contribution in [2.45, 2.75) is 65.3 Å². The third-order valence-corrected chi connectivity index (χ3v) is 5.70. The Kier molecular flexibility index (Phi) is 6.27. The van der Waals surface area contributed by atoms with E-state index in [2.05, 4.69) is 20.8 Å². The van der Waals surface area contributed by atoms with Gasteiger partial charge in [-0.2, -0.15) is 4.31 Å². The fraction of sp³-hybridized carbons (Fsp3) is 1.00. The smallest absolute Gasteiger partial charge is 0.214 e. The predicted octanol–water partition coefficient (Wildman–Crippen LogP) is 2.35. The minimum Gasteiger partial charge on any atom is -0.330 e. The summed E-state index contributed by atoms with van der Waals surface area (Å²) in [4.78, 5) is 0. The first-order valence-electron chi connectivity index (χ1n) is 7.46. The lowest BCUT2D eigenvalue weighted by Crippen LogP contribution is -2.42. The summed E-state index contributed by atoms with van der Waals surface area (Å²) in [5, 5.41) is 0. The largest absolute Gasteiger partial charge is 0.330 e. The highest BCUT2D eigenvalue weighted by atomic mass is 32.2.